The molecular weight excluding hydrogens is 903 g/mol. The zero-order valence-electron chi connectivity index (χ0n) is 14.2. The van der Waals surface area contributed by atoms with Crippen LogP contribution in [0.15, 0.2) is 35.8 Å². The van der Waals surface area contributed by atoms with Gasteiger partial charge in [-0.25, -0.2) is 4.98 Å². The van der Waals surface area contributed by atoms with Crippen LogP contribution in [0.2, 0.25) is 0 Å². The van der Waals surface area contributed by atoms with Gasteiger partial charge < -0.3 is 4.90 Å². The third kappa shape index (κ3) is 3.55. The summed E-state index contributed by atoms with van der Waals surface area (Å²) in [6.07, 6.45) is 0. The fraction of sp³-hybridized carbons (Fsp3) is 0.133. The summed E-state index contributed by atoms with van der Waals surface area (Å²) in [5.41, 5.74) is 2.97. The summed E-state index contributed by atoms with van der Waals surface area (Å²) >= 11 is 28.9. The number of benzene rings is 2. The third-order valence-corrected chi connectivity index (χ3v) is 13.5. The average molecular weight is 909 g/mol. The molecule has 0 amide bonds. The zero-order chi connectivity index (χ0) is 21.4. The van der Waals surface area contributed by atoms with Crippen LogP contribution in [0.25, 0.3) is 22.1 Å². The van der Waals surface area contributed by atoms with Gasteiger partial charge in [0.05, 0.1) is 17.9 Å². The molecule has 0 saturated heterocycles. The van der Waals surface area contributed by atoms with Crippen molar-refractivity contribution >= 4 is 155 Å². The van der Waals surface area contributed by atoms with Gasteiger partial charge in [0, 0.05) is 32.0 Å². The largest absolute Gasteiger partial charge is 0.347 e. The van der Waals surface area contributed by atoms with Crippen molar-refractivity contribution in [1.82, 2.24) is 24.8 Å². The second-order valence-electron chi connectivity index (χ2n) is 5.99. The van der Waals surface area contributed by atoms with Gasteiger partial charge >= 0.3 is 0 Å². The van der Waals surface area contributed by atoms with Crippen LogP contribution in [0.3, 0.4) is 0 Å². The van der Waals surface area contributed by atoms with Crippen molar-refractivity contribution in [3.05, 3.63) is 35.8 Å². The molecule has 0 aliphatic carbocycles. The highest BCUT2D eigenvalue weighted by Crippen LogP contribution is 2.45. The van der Waals surface area contributed by atoms with Crippen molar-refractivity contribution in [2.45, 2.75) is 0 Å². The molecular formula is C15H6Br8N6. The van der Waals surface area contributed by atoms with Crippen molar-refractivity contribution in [2.24, 2.45) is 0 Å². The molecule has 0 aliphatic rings. The lowest BCUT2D eigenvalue weighted by atomic mass is 10.3. The number of nitrogens with zero attached hydrogens (tertiary/aromatic N) is 6. The molecule has 0 atom stereocenters. The Morgan fingerprint density at radius 1 is 0.586 bits per heavy atom. The number of imidazole rings is 1. The quantitative estimate of drug-likeness (QED) is 0.150. The molecule has 0 saturated carbocycles. The summed E-state index contributed by atoms with van der Waals surface area (Å²) in [4.78, 5) is 8.27. The molecule has 2 aromatic carbocycles. The molecule has 29 heavy (non-hydrogen) atoms. The van der Waals surface area contributed by atoms with Crippen LogP contribution < -0.4 is 4.90 Å². The summed E-state index contributed by atoms with van der Waals surface area (Å²) in [5.74, 6) is 0.664. The summed E-state index contributed by atoms with van der Waals surface area (Å²) in [6, 6.07) is 0. The maximum Gasteiger partial charge on any atom is 0.228 e. The lowest BCUT2D eigenvalue weighted by Crippen LogP contribution is -2.21. The highest BCUT2D eigenvalue weighted by molar-refractivity contribution is 9.15. The van der Waals surface area contributed by atoms with Gasteiger partial charge in [0.15, 0.2) is 0 Å². The first-order valence-electron chi connectivity index (χ1n) is 7.57. The third-order valence-electron chi connectivity index (χ3n) is 4.01. The van der Waals surface area contributed by atoms with E-state index in [2.05, 4.69) is 127 Å². The molecule has 152 valence electrons. The van der Waals surface area contributed by atoms with Gasteiger partial charge in [-0.05, 0) is 127 Å². The van der Waals surface area contributed by atoms with Gasteiger partial charge in [0.25, 0.3) is 0 Å². The molecule has 4 rings (SSSR count). The second-order valence-corrected chi connectivity index (χ2v) is 12.3. The van der Waals surface area contributed by atoms with Gasteiger partial charge in [-0.15, -0.1) is 10.2 Å². The van der Waals surface area contributed by atoms with Crippen LogP contribution in [-0.2, 0) is 0 Å². The number of anilines is 1. The van der Waals surface area contributed by atoms with Gasteiger partial charge in [-0.3, -0.25) is 0 Å². The number of hydrogen-bond donors (Lipinski definition) is 0. The van der Waals surface area contributed by atoms with E-state index in [4.69, 9.17) is 15.2 Å². The average Bonchev–Trinajstić information content (AvgIpc) is 3.29. The second kappa shape index (κ2) is 8.38. The van der Waals surface area contributed by atoms with Gasteiger partial charge in [-0.1, -0.05) is 4.91 Å². The molecule has 0 spiro atoms. The van der Waals surface area contributed by atoms with Crippen LogP contribution in [0.1, 0.15) is 0 Å². The number of aromatic nitrogens is 5. The number of hydrogen-bond acceptors (Lipinski definition) is 4. The SMILES string of the molecule is CN(C)c1nc2c(Br)c(Br)c(Br)c(Br)c2n1-n1nc2c(Br)c(Br)c(Br)c(Br)c2n1. The minimum absolute atomic E-state index is 0.664. The molecule has 6 nitrogen and oxygen atoms in total. The minimum Gasteiger partial charge on any atom is -0.347 e. The van der Waals surface area contributed by atoms with E-state index in [1.165, 1.54) is 0 Å². The number of rotatable bonds is 2. The van der Waals surface area contributed by atoms with E-state index in [9.17, 15) is 0 Å². The van der Waals surface area contributed by atoms with E-state index in [1.807, 2.05) is 23.7 Å². The number of fused-ring (bicyclic) bond motifs is 2. The molecule has 0 radical (unpaired) electrons. The predicted octanol–water partition coefficient (Wildman–Crippen LogP) is 8.26. The molecule has 0 unspecified atom stereocenters. The standard InChI is InChI=1S/C15H6Br8N6/c1-27(2)15-24-13-9(22)5(18)6(19)10(23)14(13)28(15)29-25-11-7(20)3(16)4(17)8(21)12(11)26-29/h1-2H3. The zero-order valence-corrected chi connectivity index (χ0v) is 26.9. The van der Waals surface area contributed by atoms with E-state index in [0.717, 1.165) is 46.8 Å². The summed E-state index contributed by atoms with van der Waals surface area (Å²) < 4.78 is 8.52. The van der Waals surface area contributed by atoms with Gasteiger partial charge in [0.1, 0.15) is 22.1 Å². The molecule has 14 heteroatoms. The Labute approximate surface area is 232 Å². The lowest BCUT2D eigenvalue weighted by molar-refractivity contribution is 0.517. The van der Waals surface area contributed by atoms with Crippen molar-refractivity contribution in [3.8, 4) is 0 Å². The topological polar surface area (TPSA) is 51.8 Å². The van der Waals surface area contributed by atoms with E-state index in [0.29, 0.717) is 17.0 Å². The van der Waals surface area contributed by atoms with Crippen molar-refractivity contribution in [3.63, 3.8) is 0 Å². The lowest BCUT2D eigenvalue weighted by Gasteiger charge is -2.14. The summed E-state index contributed by atoms with van der Waals surface area (Å²) in [5, 5.41) is 9.49. The first-order valence-corrected chi connectivity index (χ1v) is 13.9. The summed E-state index contributed by atoms with van der Waals surface area (Å²) in [6.45, 7) is 0. The fourth-order valence-corrected chi connectivity index (χ4v) is 7.26. The Morgan fingerprint density at radius 2 is 1.00 bits per heavy atom. The van der Waals surface area contributed by atoms with Crippen LogP contribution in [0, 0.1) is 0 Å². The molecule has 0 aliphatic heterocycles. The van der Waals surface area contributed by atoms with Gasteiger partial charge in [-0.2, -0.15) is 4.68 Å². The fourth-order valence-electron chi connectivity index (χ4n) is 2.69. The maximum absolute atomic E-state index is 4.82. The highest BCUT2D eigenvalue weighted by atomic mass is 79.9. The Morgan fingerprint density at radius 3 is 1.45 bits per heavy atom. The van der Waals surface area contributed by atoms with Crippen LogP contribution in [-0.4, -0.2) is 38.9 Å². The Hall–Kier alpha value is 0.950. The molecule has 4 aromatic rings. The Balaban J connectivity index is 2.18. The highest BCUT2D eigenvalue weighted by Gasteiger charge is 2.26. The maximum atomic E-state index is 4.82. The molecule has 0 fully saturated rings. The van der Waals surface area contributed by atoms with Crippen molar-refractivity contribution in [2.75, 3.05) is 19.0 Å². The van der Waals surface area contributed by atoms with Crippen LogP contribution in [0.4, 0.5) is 5.95 Å². The van der Waals surface area contributed by atoms with E-state index in [-0.39, 0.29) is 0 Å². The van der Waals surface area contributed by atoms with E-state index >= 15 is 0 Å². The van der Waals surface area contributed by atoms with Crippen molar-refractivity contribution in [1.29, 1.82) is 0 Å². The number of halogens is 8. The monoisotopic (exact) mass is 901 g/mol. The van der Waals surface area contributed by atoms with Crippen LogP contribution >= 0.6 is 127 Å². The van der Waals surface area contributed by atoms with Crippen molar-refractivity contribution < 1.29 is 0 Å². The van der Waals surface area contributed by atoms with E-state index < -0.39 is 0 Å². The molecule has 2 aromatic heterocycles. The first kappa shape index (κ1) is 23.1. The first-order chi connectivity index (χ1) is 13.6. The molecule has 0 bridgehead atoms. The van der Waals surface area contributed by atoms with Gasteiger partial charge in [0.2, 0.25) is 5.95 Å². The predicted molar refractivity (Wildman–Crippen MR) is 144 cm³/mol. The van der Waals surface area contributed by atoms with Crippen LogP contribution in [0.5, 0.6) is 0 Å². The Kier molecular flexibility index (Phi) is 6.68. The summed E-state index contributed by atoms with van der Waals surface area (Å²) in [7, 11) is 3.84. The Bertz CT molecular complexity index is 1280. The minimum atomic E-state index is 0.664. The molecule has 2 heterocycles. The molecule has 0 N–H and O–H groups in total. The smallest absolute Gasteiger partial charge is 0.228 e. The normalized spacial score (nSPS) is 11.8. The van der Waals surface area contributed by atoms with E-state index in [1.54, 1.807) is 4.91 Å².